The van der Waals surface area contributed by atoms with Gasteiger partial charge in [-0.3, -0.25) is 4.79 Å². The van der Waals surface area contributed by atoms with E-state index in [0.29, 0.717) is 18.9 Å². The summed E-state index contributed by atoms with van der Waals surface area (Å²) in [7, 11) is 3.56. The Morgan fingerprint density at radius 2 is 2.07 bits per heavy atom. The lowest BCUT2D eigenvalue weighted by molar-refractivity contribution is -0.121. The Morgan fingerprint density at radius 1 is 1.40 bits per heavy atom. The number of amides is 1. The van der Waals surface area contributed by atoms with Crippen LogP contribution < -0.4 is 10.6 Å². The van der Waals surface area contributed by atoms with Crippen molar-refractivity contribution < 1.29 is 9.53 Å². The second kappa shape index (κ2) is 8.68. The van der Waals surface area contributed by atoms with Crippen LogP contribution in [0.3, 0.4) is 0 Å². The molecule has 0 aliphatic rings. The van der Waals surface area contributed by atoms with Crippen molar-refractivity contribution in [3.05, 3.63) is 0 Å². The Kier molecular flexibility index (Phi) is 8.33. The van der Waals surface area contributed by atoms with E-state index in [4.69, 9.17) is 4.74 Å². The molecule has 0 aliphatic carbocycles. The SMILES string of the molecule is CNCCCC(=O)NCC(OC)C(C)C. The lowest BCUT2D eigenvalue weighted by Gasteiger charge is -2.19. The van der Waals surface area contributed by atoms with Gasteiger partial charge in [-0.2, -0.15) is 0 Å². The van der Waals surface area contributed by atoms with Gasteiger partial charge in [0, 0.05) is 20.1 Å². The zero-order valence-corrected chi connectivity index (χ0v) is 10.3. The number of ether oxygens (including phenoxy) is 1. The highest BCUT2D eigenvalue weighted by Crippen LogP contribution is 2.03. The van der Waals surface area contributed by atoms with Crippen LogP contribution in [0.5, 0.6) is 0 Å². The molecule has 0 saturated carbocycles. The molecule has 0 fully saturated rings. The molecule has 2 N–H and O–H groups in total. The number of carbonyl (C=O) groups excluding carboxylic acids is 1. The van der Waals surface area contributed by atoms with E-state index >= 15 is 0 Å². The van der Waals surface area contributed by atoms with Crippen molar-refractivity contribution in [3.8, 4) is 0 Å². The predicted octanol–water partition coefficient (Wildman–Crippen LogP) is 0.773. The molecule has 0 saturated heterocycles. The molecule has 90 valence electrons. The molecule has 0 bridgehead atoms. The fourth-order valence-corrected chi connectivity index (χ4v) is 1.32. The van der Waals surface area contributed by atoms with Gasteiger partial charge in [0.1, 0.15) is 0 Å². The summed E-state index contributed by atoms with van der Waals surface area (Å²) in [5, 5.41) is 5.89. The molecular weight excluding hydrogens is 192 g/mol. The highest BCUT2D eigenvalue weighted by molar-refractivity contribution is 5.75. The van der Waals surface area contributed by atoms with Crippen LogP contribution in [0.2, 0.25) is 0 Å². The van der Waals surface area contributed by atoms with Crippen molar-refractivity contribution >= 4 is 5.91 Å². The first-order valence-electron chi connectivity index (χ1n) is 5.56. The van der Waals surface area contributed by atoms with E-state index in [9.17, 15) is 4.79 Å². The van der Waals surface area contributed by atoms with Crippen LogP contribution in [0.1, 0.15) is 26.7 Å². The van der Waals surface area contributed by atoms with E-state index in [1.165, 1.54) is 0 Å². The molecule has 4 nitrogen and oxygen atoms in total. The average molecular weight is 216 g/mol. The van der Waals surface area contributed by atoms with Crippen LogP contribution in [0.25, 0.3) is 0 Å². The molecular formula is C11H24N2O2. The molecule has 1 amide bonds. The average Bonchev–Trinajstić information content (AvgIpc) is 2.18. The molecule has 0 aromatic carbocycles. The van der Waals surface area contributed by atoms with Gasteiger partial charge in [0.2, 0.25) is 5.91 Å². The van der Waals surface area contributed by atoms with Gasteiger partial charge in [-0.15, -0.1) is 0 Å². The highest BCUT2D eigenvalue weighted by atomic mass is 16.5. The zero-order chi connectivity index (χ0) is 11.7. The molecule has 0 aliphatic heterocycles. The van der Waals surface area contributed by atoms with E-state index in [1.807, 2.05) is 7.05 Å². The third-order valence-electron chi connectivity index (χ3n) is 2.38. The minimum atomic E-state index is 0.105. The maximum absolute atomic E-state index is 11.4. The standard InChI is InChI=1S/C11H24N2O2/c1-9(2)10(15-4)8-13-11(14)6-5-7-12-3/h9-10,12H,5-8H2,1-4H3,(H,13,14). The molecule has 0 rings (SSSR count). The van der Waals surface area contributed by atoms with Crippen molar-refractivity contribution in [2.24, 2.45) is 5.92 Å². The second-order valence-electron chi connectivity index (χ2n) is 4.03. The smallest absolute Gasteiger partial charge is 0.220 e. The number of rotatable bonds is 8. The minimum absolute atomic E-state index is 0.105. The van der Waals surface area contributed by atoms with E-state index in [1.54, 1.807) is 7.11 Å². The maximum Gasteiger partial charge on any atom is 0.220 e. The fourth-order valence-electron chi connectivity index (χ4n) is 1.32. The summed E-state index contributed by atoms with van der Waals surface area (Å²) in [5.74, 6) is 0.528. The molecule has 0 radical (unpaired) electrons. The van der Waals surface area contributed by atoms with Gasteiger partial charge < -0.3 is 15.4 Å². The van der Waals surface area contributed by atoms with Crippen LogP contribution in [0.15, 0.2) is 0 Å². The highest BCUT2D eigenvalue weighted by Gasteiger charge is 2.12. The van der Waals surface area contributed by atoms with Crippen molar-refractivity contribution in [3.63, 3.8) is 0 Å². The minimum Gasteiger partial charge on any atom is -0.379 e. The van der Waals surface area contributed by atoms with Gasteiger partial charge >= 0.3 is 0 Å². The van der Waals surface area contributed by atoms with Gasteiger partial charge in [0.05, 0.1) is 6.10 Å². The van der Waals surface area contributed by atoms with Crippen LogP contribution in [-0.4, -0.2) is 39.3 Å². The lowest BCUT2D eigenvalue weighted by atomic mass is 10.1. The van der Waals surface area contributed by atoms with Gasteiger partial charge in [-0.05, 0) is 25.9 Å². The Labute approximate surface area is 92.8 Å². The van der Waals surface area contributed by atoms with Gasteiger partial charge in [-0.1, -0.05) is 13.8 Å². The first kappa shape index (κ1) is 14.4. The van der Waals surface area contributed by atoms with Crippen LogP contribution >= 0.6 is 0 Å². The second-order valence-corrected chi connectivity index (χ2v) is 4.03. The molecule has 0 aromatic heterocycles. The van der Waals surface area contributed by atoms with E-state index in [-0.39, 0.29) is 12.0 Å². The van der Waals surface area contributed by atoms with E-state index in [0.717, 1.165) is 13.0 Å². The number of methoxy groups -OCH3 is 1. The van der Waals surface area contributed by atoms with Crippen molar-refractivity contribution in [2.75, 3.05) is 27.2 Å². The quantitative estimate of drug-likeness (QED) is 0.589. The molecule has 15 heavy (non-hydrogen) atoms. The first-order valence-corrected chi connectivity index (χ1v) is 5.56. The number of hydrogen-bond acceptors (Lipinski definition) is 3. The molecule has 1 atom stereocenters. The molecule has 0 spiro atoms. The van der Waals surface area contributed by atoms with Crippen molar-refractivity contribution in [2.45, 2.75) is 32.8 Å². The lowest BCUT2D eigenvalue weighted by Crippen LogP contribution is -2.36. The summed E-state index contributed by atoms with van der Waals surface area (Å²) < 4.78 is 5.26. The van der Waals surface area contributed by atoms with Gasteiger partial charge in [0.15, 0.2) is 0 Å². The number of hydrogen-bond donors (Lipinski definition) is 2. The predicted molar refractivity (Wildman–Crippen MR) is 61.8 cm³/mol. The summed E-state index contributed by atoms with van der Waals surface area (Å²) in [6.07, 6.45) is 1.56. The van der Waals surface area contributed by atoms with E-state index in [2.05, 4.69) is 24.5 Å². The normalized spacial score (nSPS) is 12.9. The number of nitrogens with one attached hydrogen (secondary N) is 2. The Balaban J connectivity index is 3.59. The summed E-state index contributed by atoms with van der Waals surface area (Å²) in [4.78, 5) is 11.4. The van der Waals surface area contributed by atoms with E-state index < -0.39 is 0 Å². The first-order chi connectivity index (χ1) is 7.11. The molecule has 4 heteroatoms. The summed E-state index contributed by atoms with van der Waals surface area (Å²) >= 11 is 0. The summed E-state index contributed by atoms with van der Waals surface area (Å²) in [6.45, 7) is 5.65. The molecule has 0 aromatic rings. The van der Waals surface area contributed by atoms with Crippen molar-refractivity contribution in [1.29, 1.82) is 0 Å². The molecule has 0 heterocycles. The van der Waals surface area contributed by atoms with Gasteiger partial charge in [-0.25, -0.2) is 0 Å². The Hall–Kier alpha value is -0.610. The summed E-state index contributed by atoms with van der Waals surface area (Å²) in [6, 6.07) is 0. The largest absolute Gasteiger partial charge is 0.379 e. The monoisotopic (exact) mass is 216 g/mol. The van der Waals surface area contributed by atoms with Gasteiger partial charge in [0.25, 0.3) is 0 Å². The fraction of sp³-hybridized carbons (Fsp3) is 0.909. The van der Waals surface area contributed by atoms with Crippen LogP contribution in [0.4, 0.5) is 0 Å². The van der Waals surface area contributed by atoms with Crippen molar-refractivity contribution in [1.82, 2.24) is 10.6 Å². The maximum atomic E-state index is 11.4. The Morgan fingerprint density at radius 3 is 2.53 bits per heavy atom. The van der Waals surface area contributed by atoms with Crippen LogP contribution in [0, 0.1) is 5.92 Å². The van der Waals surface area contributed by atoms with Crippen LogP contribution in [-0.2, 0) is 9.53 Å². The third-order valence-corrected chi connectivity index (χ3v) is 2.38. The molecule has 1 unspecified atom stereocenters. The third kappa shape index (κ3) is 7.33. The zero-order valence-electron chi connectivity index (χ0n) is 10.3. The summed E-state index contributed by atoms with van der Waals surface area (Å²) in [5.41, 5.74) is 0. The topological polar surface area (TPSA) is 50.4 Å². The number of carbonyl (C=O) groups is 1. The Bertz CT molecular complexity index is 172.